The van der Waals surface area contributed by atoms with Crippen molar-refractivity contribution in [1.82, 2.24) is 23.4 Å². The first-order valence-corrected chi connectivity index (χ1v) is 23.3. The highest BCUT2D eigenvalue weighted by Gasteiger charge is 2.36. The number of aromatic nitrogens is 4. The standard InChI is InChI=1S/C23H35N3O4S.C17H23ClN2O3S/c1-23(2,3)22-24-20-14-19(31(27,28)26-11-5-6-18(26)16-29-4)7-8-21(20)25(22)15-17-9-12-30-13-10-17;1-17(2,3)16-19-14-10-13(24(18,21)22)4-5-15(14)20(16)11-12-6-8-23-9-7-12/h7-8,14,17-18H,5-6,9-13,15-16H2,1-4H3;4-5,10,12H,6-9,11H2,1-3H3. The van der Waals surface area contributed by atoms with Gasteiger partial charge in [0.1, 0.15) is 11.6 Å². The van der Waals surface area contributed by atoms with Gasteiger partial charge in [-0.2, -0.15) is 4.31 Å². The Morgan fingerprint density at radius 1 is 0.727 bits per heavy atom. The van der Waals surface area contributed by atoms with Crippen molar-refractivity contribution in [3.05, 3.63) is 48.0 Å². The summed E-state index contributed by atoms with van der Waals surface area (Å²) in [6.45, 7) is 18.8. The van der Waals surface area contributed by atoms with Crippen molar-refractivity contribution in [3.63, 3.8) is 0 Å². The molecule has 0 radical (unpaired) electrons. The maximum absolute atomic E-state index is 13.4. The first-order valence-electron chi connectivity index (χ1n) is 19.5. The largest absolute Gasteiger partial charge is 0.383 e. The predicted molar refractivity (Wildman–Crippen MR) is 216 cm³/mol. The van der Waals surface area contributed by atoms with Crippen LogP contribution in [0, 0.1) is 11.8 Å². The average molecular weight is 821 g/mol. The van der Waals surface area contributed by atoms with E-state index in [0.29, 0.717) is 35.4 Å². The minimum absolute atomic E-state index is 0.0906. The van der Waals surface area contributed by atoms with E-state index in [9.17, 15) is 16.8 Å². The molecule has 0 saturated carbocycles. The molecule has 12 nitrogen and oxygen atoms in total. The molecule has 0 N–H and O–H groups in total. The second kappa shape index (κ2) is 16.7. The van der Waals surface area contributed by atoms with Crippen molar-refractivity contribution in [2.75, 3.05) is 46.7 Å². The zero-order valence-electron chi connectivity index (χ0n) is 33.4. The normalized spacial score (nSPS) is 20.0. The van der Waals surface area contributed by atoms with E-state index in [0.717, 1.165) is 106 Å². The summed E-state index contributed by atoms with van der Waals surface area (Å²) in [6, 6.07) is 10.3. The van der Waals surface area contributed by atoms with Gasteiger partial charge in [-0.1, -0.05) is 41.5 Å². The number of hydrogen-bond acceptors (Lipinski definition) is 9. The molecule has 3 fully saturated rings. The van der Waals surface area contributed by atoms with Gasteiger partial charge in [0, 0.05) is 80.7 Å². The van der Waals surface area contributed by atoms with Crippen LogP contribution in [0.1, 0.15) is 91.7 Å². The van der Waals surface area contributed by atoms with Crippen molar-refractivity contribution in [2.45, 2.75) is 120 Å². The summed E-state index contributed by atoms with van der Waals surface area (Å²) in [7, 11) is -0.240. The monoisotopic (exact) mass is 819 g/mol. The van der Waals surface area contributed by atoms with E-state index < -0.39 is 19.1 Å². The summed E-state index contributed by atoms with van der Waals surface area (Å²) in [5.74, 6) is 3.07. The van der Waals surface area contributed by atoms with Crippen LogP contribution in [-0.2, 0) is 57.2 Å². The highest BCUT2D eigenvalue weighted by atomic mass is 35.7. The molecule has 1 unspecified atom stereocenters. The maximum atomic E-state index is 13.4. The van der Waals surface area contributed by atoms with Gasteiger partial charge in [0.05, 0.1) is 38.5 Å². The van der Waals surface area contributed by atoms with E-state index in [2.05, 4.69) is 50.7 Å². The fraction of sp³-hybridized carbons (Fsp3) is 0.650. The molecule has 7 rings (SSSR count). The van der Waals surface area contributed by atoms with E-state index >= 15 is 0 Å². The Balaban J connectivity index is 0.000000193. The van der Waals surface area contributed by atoms with Gasteiger partial charge in [0.2, 0.25) is 10.0 Å². The van der Waals surface area contributed by atoms with Crippen molar-refractivity contribution in [2.24, 2.45) is 11.8 Å². The van der Waals surface area contributed by atoms with Gasteiger partial charge in [-0.25, -0.2) is 26.8 Å². The van der Waals surface area contributed by atoms with Crippen molar-refractivity contribution < 1.29 is 31.0 Å². The molecule has 5 heterocycles. The Kier molecular flexibility index (Phi) is 12.8. The SMILES string of the molecule is CC(C)(C)c1nc2cc(S(=O)(=O)Cl)ccc2n1CC1CCOCC1.COCC1CCCN1S(=O)(=O)c1ccc2c(c1)nc(C(C)(C)C)n2CC1CCOCC1. The minimum atomic E-state index is -3.75. The van der Waals surface area contributed by atoms with Crippen LogP contribution >= 0.6 is 10.7 Å². The van der Waals surface area contributed by atoms with Crippen LogP contribution in [-0.4, -0.2) is 93.0 Å². The highest BCUT2D eigenvalue weighted by molar-refractivity contribution is 8.13. The third kappa shape index (κ3) is 9.59. The van der Waals surface area contributed by atoms with Gasteiger partial charge >= 0.3 is 0 Å². The van der Waals surface area contributed by atoms with E-state index in [1.807, 2.05) is 12.1 Å². The summed E-state index contributed by atoms with van der Waals surface area (Å²) in [5, 5.41) is 0. The molecule has 55 heavy (non-hydrogen) atoms. The smallest absolute Gasteiger partial charge is 0.261 e. The third-order valence-electron chi connectivity index (χ3n) is 10.9. The Labute approximate surface area is 331 Å². The molecule has 4 aromatic rings. The van der Waals surface area contributed by atoms with Crippen LogP contribution in [0.25, 0.3) is 22.1 Å². The number of halogens is 1. The number of sulfonamides is 1. The average Bonchev–Trinajstić information content (AvgIpc) is 3.85. The summed E-state index contributed by atoms with van der Waals surface area (Å²) in [5.41, 5.74) is 3.11. The van der Waals surface area contributed by atoms with Crippen LogP contribution in [0.15, 0.2) is 46.2 Å². The lowest BCUT2D eigenvalue weighted by Gasteiger charge is -2.26. The molecular weight excluding hydrogens is 762 g/mol. The molecule has 3 aliphatic heterocycles. The zero-order valence-corrected chi connectivity index (χ0v) is 35.8. The fourth-order valence-electron chi connectivity index (χ4n) is 8.04. The number of ether oxygens (including phenoxy) is 3. The summed E-state index contributed by atoms with van der Waals surface area (Å²) in [6.07, 6.45) is 5.87. The zero-order chi connectivity index (χ0) is 39.8. The molecule has 0 spiro atoms. The van der Waals surface area contributed by atoms with E-state index in [1.165, 1.54) is 0 Å². The molecule has 1 atom stereocenters. The first-order chi connectivity index (χ1) is 25.9. The number of rotatable bonds is 9. The second-order valence-electron chi connectivity index (χ2n) is 17.3. The van der Waals surface area contributed by atoms with Crippen molar-refractivity contribution in [1.29, 1.82) is 0 Å². The lowest BCUT2D eigenvalue weighted by molar-refractivity contribution is 0.0610. The van der Waals surface area contributed by atoms with Crippen LogP contribution in [0.3, 0.4) is 0 Å². The third-order valence-corrected chi connectivity index (χ3v) is 14.2. The Morgan fingerprint density at radius 2 is 1.18 bits per heavy atom. The van der Waals surface area contributed by atoms with Gasteiger partial charge in [-0.3, -0.25) is 0 Å². The maximum Gasteiger partial charge on any atom is 0.261 e. The van der Waals surface area contributed by atoms with Gasteiger partial charge < -0.3 is 23.3 Å². The Hall–Kier alpha value is -2.59. The summed E-state index contributed by atoms with van der Waals surface area (Å²) in [4.78, 5) is 10.1. The number of nitrogens with zero attached hydrogens (tertiary/aromatic N) is 5. The number of benzene rings is 2. The van der Waals surface area contributed by atoms with Gasteiger partial charge in [0.25, 0.3) is 9.05 Å². The predicted octanol–water partition coefficient (Wildman–Crippen LogP) is 7.25. The fourth-order valence-corrected chi connectivity index (χ4v) is 10.5. The van der Waals surface area contributed by atoms with E-state index in [1.54, 1.807) is 35.7 Å². The molecule has 3 aliphatic rings. The molecule has 0 aliphatic carbocycles. The number of hydrogen-bond donors (Lipinski definition) is 0. The van der Waals surface area contributed by atoms with Crippen molar-refractivity contribution in [3.8, 4) is 0 Å². The first kappa shape index (κ1) is 42.0. The second-order valence-corrected chi connectivity index (χ2v) is 21.8. The molecule has 304 valence electrons. The van der Waals surface area contributed by atoms with E-state index in [-0.39, 0.29) is 21.8 Å². The Bertz CT molecular complexity index is 2180. The molecule has 2 aromatic heterocycles. The minimum Gasteiger partial charge on any atom is -0.383 e. The highest BCUT2D eigenvalue weighted by Crippen LogP contribution is 2.34. The Morgan fingerprint density at radius 3 is 1.62 bits per heavy atom. The van der Waals surface area contributed by atoms with Crippen LogP contribution in [0.4, 0.5) is 0 Å². The van der Waals surface area contributed by atoms with E-state index in [4.69, 9.17) is 34.9 Å². The number of fused-ring (bicyclic) bond motifs is 2. The summed E-state index contributed by atoms with van der Waals surface area (Å²) < 4.78 is 72.3. The van der Waals surface area contributed by atoms with Gasteiger partial charge in [-0.15, -0.1) is 0 Å². The van der Waals surface area contributed by atoms with Crippen LogP contribution in [0.2, 0.25) is 0 Å². The van der Waals surface area contributed by atoms with Crippen molar-refractivity contribution >= 4 is 51.8 Å². The summed E-state index contributed by atoms with van der Waals surface area (Å²) >= 11 is 0. The van der Waals surface area contributed by atoms with Gasteiger partial charge in [-0.05, 0) is 86.8 Å². The van der Waals surface area contributed by atoms with Crippen LogP contribution < -0.4 is 0 Å². The molecule has 0 amide bonds. The van der Waals surface area contributed by atoms with Gasteiger partial charge in [0.15, 0.2) is 0 Å². The quantitative estimate of drug-likeness (QED) is 0.160. The molecule has 2 aromatic carbocycles. The number of imidazole rings is 2. The molecule has 3 saturated heterocycles. The molecular formula is C40H58ClN5O7S2. The topological polar surface area (TPSA) is 135 Å². The molecule has 0 bridgehead atoms. The number of methoxy groups -OCH3 is 1. The lowest BCUT2D eigenvalue weighted by atomic mass is 9.94. The molecule has 15 heteroatoms. The lowest BCUT2D eigenvalue weighted by Crippen LogP contribution is -2.38. The van der Waals surface area contributed by atoms with Crippen LogP contribution in [0.5, 0.6) is 0 Å².